The van der Waals surface area contributed by atoms with Gasteiger partial charge in [0.25, 0.3) is 5.91 Å². The molecule has 1 amide bonds. The number of fused-ring (bicyclic) bond motifs is 1. The molecule has 0 bridgehead atoms. The minimum Gasteiger partial charge on any atom is -0.352 e. The number of amides is 1. The maximum atomic E-state index is 13.5. The van der Waals surface area contributed by atoms with E-state index in [1.54, 1.807) is 6.07 Å². The second-order valence-electron chi connectivity index (χ2n) is 7.25. The first-order valence-corrected chi connectivity index (χ1v) is 9.69. The van der Waals surface area contributed by atoms with Gasteiger partial charge >= 0.3 is 0 Å². The van der Waals surface area contributed by atoms with Gasteiger partial charge in [-0.25, -0.2) is 4.39 Å². The molecule has 1 fully saturated rings. The molecular formula is C21H29FN2O. The Morgan fingerprint density at radius 1 is 1.24 bits per heavy atom. The van der Waals surface area contributed by atoms with Crippen molar-refractivity contribution in [3.63, 3.8) is 0 Å². The molecule has 4 heteroatoms. The number of rotatable bonds is 6. The highest BCUT2D eigenvalue weighted by Crippen LogP contribution is 2.27. The number of hydrogen-bond acceptors (Lipinski definition) is 1. The smallest absolute Gasteiger partial charge is 0.253 e. The summed E-state index contributed by atoms with van der Waals surface area (Å²) in [6.45, 7) is 3.13. The van der Waals surface area contributed by atoms with Crippen LogP contribution in [0.2, 0.25) is 0 Å². The predicted octanol–water partition coefficient (Wildman–Crippen LogP) is 5.22. The topological polar surface area (TPSA) is 34.0 Å². The van der Waals surface area contributed by atoms with Gasteiger partial charge in [0.2, 0.25) is 0 Å². The molecule has 0 spiro atoms. The Labute approximate surface area is 149 Å². The van der Waals surface area contributed by atoms with Crippen LogP contribution in [0.25, 0.3) is 10.9 Å². The molecule has 1 aliphatic rings. The Kier molecular flexibility index (Phi) is 6.11. The van der Waals surface area contributed by atoms with Gasteiger partial charge in [0, 0.05) is 30.2 Å². The fourth-order valence-electron chi connectivity index (χ4n) is 4.04. The number of aromatic nitrogens is 1. The van der Waals surface area contributed by atoms with E-state index in [0.29, 0.717) is 17.0 Å². The van der Waals surface area contributed by atoms with Gasteiger partial charge < -0.3 is 9.88 Å². The fourth-order valence-corrected chi connectivity index (χ4v) is 4.04. The standard InChI is InChI=1S/C21H29FN2O/c1-2-12-24-15-18(20-17(13-22)10-7-11-19(20)24)21(25)23-14-16-8-5-3-4-6-9-16/h7,10-11,15-16H,2-6,8-9,12-14H2,1H3,(H,23,25). The Balaban J connectivity index is 1.82. The number of carbonyl (C=O) groups is 1. The molecule has 0 unspecified atom stereocenters. The van der Waals surface area contributed by atoms with E-state index in [9.17, 15) is 9.18 Å². The van der Waals surface area contributed by atoms with Crippen molar-refractivity contribution < 1.29 is 9.18 Å². The van der Waals surface area contributed by atoms with Gasteiger partial charge in [0.05, 0.1) is 5.56 Å². The van der Waals surface area contributed by atoms with Gasteiger partial charge in [-0.05, 0) is 36.8 Å². The molecule has 136 valence electrons. The number of hydrogen-bond donors (Lipinski definition) is 1. The minimum absolute atomic E-state index is 0.0648. The lowest BCUT2D eigenvalue weighted by Gasteiger charge is -2.14. The van der Waals surface area contributed by atoms with Crippen molar-refractivity contribution in [1.29, 1.82) is 0 Å². The molecule has 1 aromatic heterocycles. The lowest BCUT2D eigenvalue weighted by atomic mass is 10.00. The van der Waals surface area contributed by atoms with Crippen LogP contribution in [0, 0.1) is 5.92 Å². The zero-order valence-electron chi connectivity index (χ0n) is 15.2. The average molecular weight is 344 g/mol. The highest BCUT2D eigenvalue weighted by molar-refractivity contribution is 6.08. The number of carbonyl (C=O) groups excluding carboxylic acids is 1. The van der Waals surface area contributed by atoms with E-state index < -0.39 is 6.67 Å². The number of benzene rings is 1. The van der Waals surface area contributed by atoms with Crippen LogP contribution in [0.1, 0.15) is 67.8 Å². The molecular weight excluding hydrogens is 315 g/mol. The molecule has 25 heavy (non-hydrogen) atoms. The van der Waals surface area contributed by atoms with E-state index in [-0.39, 0.29) is 5.91 Å². The van der Waals surface area contributed by atoms with Crippen LogP contribution < -0.4 is 5.32 Å². The number of alkyl halides is 1. The molecule has 1 N–H and O–H groups in total. The van der Waals surface area contributed by atoms with E-state index in [4.69, 9.17) is 0 Å². The van der Waals surface area contributed by atoms with E-state index in [2.05, 4.69) is 16.8 Å². The summed E-state index contributed by atoms with van der Waals surface area (Å²) >= 11 is 0. The third kappa shape index (κ3) is 4.05. The zero-order chi connectivity index (χ0) is 17.6. The van der Waals surface area contributed by atoms with Crippen LogP contribution in [-0.2, 0) is 13.2 Å². The maximum absolute atomic E-state index is 13.5. The molecule has 1 heterocycles. The van der Waals surface area contributed by atoms with Crippen molar-refractivity contribution in [3.8, 4) is 0 Å². The first-order valence-electron chi connectivity index (χ1n) is 9.69. The lowest BCUT2D eigenvalue weighted by molar-refractivity contribution is 0.0947. The van der Waals surface area contributed by atoms with Gasteiger partial charge in [-0.2, -0.15) is 0 Å². The third-order valence-electron chi connectivity index (χ3n) is 5.37. The fraction of sp³-hybridized carbons (Fsp3) is 0.571. The average Bonchev–Trinajstić information content (AvgIpc) is 2.82. The molecule has 0 atom stereocenters. The van der Waals surface area contributed by atoms with Gasteiger partial charge in [-0.3, -0.25) is 4.79 Å². The van der Waals surface area contributed by atoms with Crippen LogP contribution in [0.5, 0.6) is 0 Å². The molecule has 0 saturated heterocycles. The SMILES string of the molecule is CCCn1cc(C(=O)NCC2CCCCCC2)c2c(CF)cccc21. The molecule has 1 saturated carbocycles. The summed E-state index contributed by atoms with van der Waals surface area (Å²) in [6.07, 6.45) is 10.4. The Morgan fingerprint density at radius 3 is 2.68 bits per heavy atom. The first-order chi connectivity index (χ1) is 12.2. The summed E-state index contributed by atoms with van der Waals surface area (Å²) in [5.74, 6) is 0.515. The number of nitrogens with one attached hydrogen (secondary N) is 1. The van der Waals surface area contributed by atoms with E-state index in [0.717, 1.165) is 30.4 Å². The van der Waals surface area contributed by atoms with Crippen molar-refractivity contribution in [2.45, 2.75) is 65.1 Å². The zero-order valence-corrected chi connectivity index (χ0v) is 15.2. The van der Waals surface area contributed by atoms with Gasteiger partial charge in [-0.15, -0.1) is 0 Å². The van der Waals surface area contributed by atoms with Gasteiger partial charge in [0.1, 0.15) is 6.67 Å². The number of nitrogens with zero attached hydrogens (tertiary/aromatic N) is 1. The normalized spacial score (nSPS) is 16.1. The lowest BCUT2D eigenvalue weighted by Crippen LogP contribution is -2.29. The van der Waals surface area contributed by atoms with Crippen molar-refractivity contribution in [1.82, 2.24) is 9.88 Å². The predicted molar refractivity (Wildman–Crippen MR) is 101 cm³/mol. The summed E-state index contributed by atoms with van der Waals surface area (Å²) in [6, 6.07) is 5.63. The molecule has 0 aliphatic heterocycles. The molecule has 1 aromatic carbocycles. The summed E-state index contributed by atoms with van der Waals surface area (Å²) < 4.78 is 15.6. The first kappa shape index (κ1) is 18.0. The molecule has 2 aromatic rings. The highest BCUT2D eigenvalue weighted by atomic mass is 19.1. The van der Waals surface area contributed by atoms with E-state index in [1.807, 2.05) is 18.3 Å². The number of halogens is 1. The highest BCUT2D eigenvalue weighted by Gasteiger charge is 2.19. The molecule has 3 nitrogen and oxygen atoms in total. The number of aryl methyl sites for hydroxylation is 1. The Bertz CT molecular complexity index is 714. The summed E-state index contributed by atoms with van der Waals surface area (Å²) in [7, 11) is 0. The Morgan fingerprint density at radius 2 is 2.00 bits per heavy atom. The second-order valence-corrected chi connectivity index (χ2v) is 7.25. The van der Waals surface area contributed by atoms with Gasteiger partial charge in [0.15, 0.2) is 0 Å². The van der Waals surface area contributed by atoms with E-state index >= 15 is 0 Å². The van der Waals surface area contributed by atoms with Crippen LogP contribution in [0.3, 0.4) is 0 Å². The summed E-state index contributed by atoms with van der Waals surface area (Å²) in [5.41, 5.74) is 2.17. The largest absolute Gasteiger partial charge is 0.352 e. The van der Waals surface area contributed by atoms with E-state index in [1.165, 1.54) is 38.5 Å². The maximum Gasteiger partial charge on any atom is 0.253 e. The third-order valence-corrected chi connectivity index (χ3v) is 5.37. The van der Waals surface area contributed by atoms with Crippen LogP contribution in [-0.4, -0.2) is 17.0 Å². The van der Waals surface area contributed by atoms with Crippen LogP contribution in [0.15, 0.2) is 24.4 Å². The van der Waals surface area contributed by atoms with Crippen molar-refractivity contribution in [3.05, 3.63) is 35.5 Å². The van der Waals surface area contributed by atoms with Crippen molar-refractivity contribution in [2.24, 2.45) is 5.92 Å². The quantitative estimate of drug-likeness (QED) is 0.716. The Hall–Kier alpha value is -1.84. The monoisotopic (exact) mass is 344 g/mol. The minimum atomic E-state index is -0.545. The van der Waals surface area contributed by atoms with Crippen LogP contribution >= 0.6 is 0 Å². The molecule has 0 radical (unpaired) electrons. The van der Waals surface area contributed by atoms with Crippen LogP contribution in [0.4, 0.5) is 4.39 Å². The summed E-state index contributed by atoms with van der Waals surface area (Å²) in [5, 5.41) is 3.90. The molecule has 3 rings (SSSR count). The molecule has 1 aliphatic carbocycles. The summed E-state index contributed by atoms with van der Waals surface area (Å²) in [4.78, 5) is 12.8. The second kappa shape index (κ2) is 8.50. The van der Waals surface area contributed by atoms with Crippen molar-refractivity contribution >= 4 is 16.8 Å². The van der Waals surface area contributed by atoms with Crippen molar-refractivity contribution in [2.75, 3.05) is 6.54 Å². The van der Waals surface area contributed by atoms with Gasteiger partial charge in [-0.1, -0.05) is 44.7 Å².